The largest absolute Gasteiger partial charge is 0.508 e. The number of nitrogens with one attached hydrogen (secondary N) is 3. The zero-order chi connectivity index (χ0) is 81.2. The number of aliphatic imine (C=N–C) groups is 1. The van der Waals surface area contributed by atoms with Crippen LogP contribution in [0.4, 0.5) is 28.9 Å². The summed E-state index contributed by atoms with van der Waals surface area (Å²) in [6.45, 7) is 9.78. The van der Waals surface area contributed by atoms with Crippen molar-refractivity contribution in [2.75, 3.05) is 90.2 Å². The number of aryl methyl sites for hydroxylation is 3. The number of phenols is 1. The summed E-state index contributed by atoms with van der Waals surface area (Å²) in [5, 5.41) is 30.5. The molecular formula is C80H104ClF4N13O10S4. The Kier molecular flexibility index (Phi) is 30.6. The number of hydrogen-bond donors (Lipinski definition) is 6. The molecule has 0 saturated carbocycles. The number of nitrogens with zero attached hydrogens (tertiary/aromatic N) is 8. The Morgan fingerprint density at radius 2 is 0.857 bits per heavy atom. The fourth-order valence-electron chi connectivity index (χ4n) is 14.0. The van der Waals surface area contributed by atoms with Crippen molar-refractivity contribution in [1.29, 1.82) is 0 Å². The number of phenolic OH excluding ortho intramolecular Hbond substituents is 1. The van der Waals surface area contributed by atoms with E-state index in [9.17, 15) is 62.9 Å². The molecule has 4 aromatic carbocycles. The lowest BCUT2D eigenvalue weighted by atomic mass is 9.98. The fourth-order valence-corrected chi connectivity index (χ4v) is 21.0. The molecule has 0 unspecified atom stereocenters. The Hall–Kier alpha value is -8.78. The van der Waals surface area contributed by atoms with E-state index in [1.165, 1.54) is 52.3 Å². The van der Waals surface area contributed by atoms with Gasteiger partial charge < -0.3 is 36.2 Å². The van der Waals surface area contributed by atoms with Gasteiger partial charge in [-0.15, -0.1) is 0 Å². The van der Waals surface area contributed by atoms with E-state index in [1.54, 1.807) is 65.3 Å². The number of benzene rings is 4. The van der Waals surface area contributed by atoms with Crippen LogP contribution in [-0.2, 0) is 69.4 Å². The van der Waals surface area contributed by atoms with Crippen molar-refractivity contribution in [1.82, 2.24) is 50.2 Å². The third-order valence-electron chi connectivity index (χ3n) is 21.1. The first-order valence-corrected chi connectivity index (χ1v) is 46.0. The number of sulfone groups is 1. The van der Waals surface area contributed by atoms with Crippen LogP contribution >= 0.6 is 11.6 Å². The molecule has 0 bridgehead atoms. The minimum absolute atomic E-state index is 0.0360. The molecule has 4 amide bonds. The van der Waals surface area contributed by atoms with Gasteiger partial charge in [-0.05, 0) is 253 Å². The van der Waals surface area contributed by atoms with Gasteiger partial charge in [0.1, 0.15) is 55.9 Å². The van der Waals surface area contributed by atoms with Crippen LogP contribution in [0.5, 0.6) is 5.75 Å². The van der Waals surface area contributed by atoms with Gasteiger partial charge in [-0.1, -0.05) is 29.8 Å². The van der Waals surface area contributed by atoms with E-state index in [4.69, 9.17) is 23.1 Å². The fraction of sp³-hybridized carbons (Fsp3) is 0.463. The van der Waals surface area contributed by atoms with Crippen LogP contribution in [0, 0.1) is 67.7 Å². The quantitative estimate of drug-likeness (QED) is 0.0186. The topological polar surface area (TPSA) is 337 Å². The summed E-state index contributed by atoms with van der Waals surface area (Å²) in [5.74, 6) is 13.5. The minimum Gasteiger partial charge on any atom is -0.508 e. The first-order valence-electron chi connectivity index (χ1n) is 37.6. The van der Waals surface area contributed by atoms with Gasteiger partial charge in [0.25, 0.3) is 23.6 Å². The van der Waals surface area contributed by atoms with E-state index >= 15 is 0 Å². The van der Waals surface area contributed by atoms with Gasteiger partial charge in [0.15, 0.2) is 0 Å². The zero-order valence-electron chi connectivity index (χ0n) is 64.1. The van der Waals surface area contributed by atoms with Crippen LogP contribution in [0.15, 0.2) is 108 Å². The average molecular weight is 1650 g/mol. The number of hydrogen-bond acceptors (Lipinski definition) is 16. The number of halogens is 5. The second-order valence-electron chi connectivity index (χ2n) is 30.2. The van der Waals surface area contributed by atoms with Crippen LogP contribution < -0.4 is 11.5 Å². The van der Waals surface area contributed by atoms with Crippen LogP contribution in [0.3, 0.4) is 0 Å². The monoisotopic (exact) mass is 1650 g/mol. The van der Waals surface area contributed by atoms with Gasteiger partial charge in [0.2, 0.25) is 0 Å². The maximum absolute atomic E-state index is 14.3. The molecule has 8 N–H and O–H groups in total. The van der Waals surface area contributed by atoms with E-state index in [0.717, 1.165) is 85.8 Å². The van der Waals surface area contributed by atoms with Crippen molar-refractivity contribution >= 4 is 108 Å². The van der Waals surface area contributed by atoms with Crippen LogP contribution in [0.2, 0.25) is 5.02 Å². The molecule has 3 aromatic heterocycles. The number of carbonyl (C=O) groups is 4. The van der Waals surface area contributed by atoms with E-state index < -0.39 is 61.7 Å². The molecule has 5 aliphatic rings. The Bertz CT molecular complexity index is 4940. The molecule has 0 spiro atoms. The normalized spacial score (nSPS) is 21.4. The molecule has 0 atom stereocenters. The van der Waals surface area contributed by atoms with Gasteiger partial charge in [-0.3, -0.25) is 52.1 Å². The molecule has 4 fully saturated rings. The van der Waals surface area contributed by atoms with Gasteiger partial charge in [0.05, 0.1) is 31.1 Å². The molecule has 7 aromatic rings. The lowest BCUT2D eigenvalue weighted by molar-refractivity contribution is -0.128. The van der Waals surface area contributed by atoms with Crippen molar-refractivity contribution in [3.63, 3.8) is 0 Å². The number of aromatic amines is 3. The maximum Gasteiger partial charge on any atom is 0.274 e. The highest BCUT2D eigenvalue weighted by Gasteiger charge is 2.31. The number of anilines is 2. The maximum atomic E-state index is 14.3. The van der Waals surface area contributed by atoms with Crippen LogP contribution in [0.25, 0.3) is 0 Å². The highest BCUT2D eigenvalue weighted by Crippen LogP contribution is 2.31. The molecule has 5 aliphatic heterocycles. The number of rotatable bonds is 24. The molecule has 0 radical (unpaired) electrons. The zero-order valence-corrected chi connectivity index (χ0v) is 68.1. The lowest BCUT2D eigenvalue weighted by Gasteiger charge is -2.29. The van der Waals surface area contributed by atoms with Crippen molar-refractivity contribution in [2.45, 2.75) is 131 Å². The second kappa shape index (κ2) is 39.3. The molecule has 112 heavy (non-hydrogen) atoms. The summed E-state index contributed by atoms with van der Waals surface area (Å²) in [6, 6.07) is 22.5. The Labute approximate surface area is 660 Å². The summed E-state index contributed by atoms with van der Waals surface area (Å²) >= 11 is 6.32. The standard InChI is InChI=1S/C21H26F2N2O2S.C20H27ClN4O2S.C20H26FN3O3S.C19H25FN4O3S/c1-15-12-17(13-24-15)21(26)25(14-18-19(22)4-3-5-20(18)23)9-6-16-7-10-28(2,27)11-8-16;1-14-11-19(24-23-14)20(26)25(13-16-12-17(22)3-4-18(16)21)8-5-15-6-9-28(2,27)10-7-15;1-14-11-19(23-22-14)20(26)24(13-16-3-4-17(25)12-18(16)21)8-5-15-6-9-28(2,27)10-7-15;1-13-11-18(23-22-13)19(25)24(12-15-16(20)3-2-4-17(15)21)8-5-14-6-9-28(26,27)10-7-14/h3-5,12,16H,2,6-11,13-14H2,1H3;3-4,11-12,15H,2,5-10,13,22H2,1H3,(H,23,24);3-4,11-12,15,25H,2,5-10,13H2,1H3,(H,22,23);2-4,11,14H,5-10,12,21H2,1H3,(H,22,23). The van der Waals surface area contributed by atoms with E-state index in [1.807, 2.05) is 20.8 Å². The highest BCUT2D eigenvalue weighted by molar-refractivity contribution is 8.00. The number of aromatic nitrogens is 6. The Balaban J connectivity index is 0.000000171. The Morgan fingerprint density at radius 3 is 1.24 bits per heavy atom. The van der Waals surface area contributed by atoms with Crippen molar-refractivity contribution in [2.24, 2.45) is 28.7 Å². The summed E-state index contributed by atoms with van der Waals surface area (Å²) in [7, 11) is -8.72. The van der Waals surface area contributed by atoms with Gasteiger partial charge >= 0.3 is 0 Å². The summed E-state index contributed by atoms with van der Waals surface area (Å²) in [5.41, 5.74) is 18.7. The molecule has 608 valence electrons. The number of nitrogen functional groups attached to an aromatic ring is 2. The predicted molar refractivity (Wildman–Crippen MR) is 440 cm³/mol. The van der Waals surface area contributed by atoms with E-state index in [2.05, 4.69) is 53.2 Å². The van der Waals surface area contributed by atoms with Crippen molar-refractivity contribution in [3.05, 3.63) is 187 Å². The molecule has 4 saturated heterocycles. The van der Waals surface area contributed by atoms with Gasteiger partial charge in [-0.25, -0.2) is 26.0 Å². The predicted octanol–water partition coefficient (Wildman–Crippen LogP) is 11.3. The molecular weight excluding hydrogens is 1540 g/mol. The molecule has 23 nitrogen and oxygen atoms in total. The smallest absolute Gasteiger partial charge is 0.274 e. The van der Waals surface area contributed by atoms with Crippen LogP contribution in [0.1, 0.15) is 155 Å². The van der Waals surface area contributed by atoms with Crippen LogP contribution in [-0.4, -0.2) is 202 Å². The molecule has 12 rings (SSSR count). The van der Waals surface area contributed by atoms with Crippen molar-refractivity contribution in [3.8, 4) is 5.75 Å². The number of allylic oxidation sites excluding steroid dienone is 1. The summed E-state index contributed by atoms with van der Waals surface area (Å²) in [4.78, 5) is 62.5. The van der Waals surface area contributed by atoms with Gasteiger partial charge in [-0.2, -0.15) is 15.3 Å². The van der Waals surface area contributed by atoms with E-state index in [0.29, 0.717) is 156 Å². The lowest BCUT2D eigenvalue weighted by Crippen LogP contribution is -2.35. The molecule has 0 aliphatic carbocycles. The number of H-pyrrole nitrogens is 3. The SMILES string of the molecule is C=S1(=O)CCC(CCN(Cc2c(F)cccc2F)C(=O)C2=CC(C)=NC2)CC1.C=S1(=O)CCC(CCN(Cc2cc(N)ccc2Cl)C(=O)c2cc(C)[nH]n2)CC1.C=S1(=O)CCC(CCN(Cc2ccc(O)cc2F)C(=O)c2cc(C)[nH]n2)CC1.Cc1cc(C(=O)N(CCC2CCS(=O)(=O)CC2)Cc2c(N)cccc2F)n[nH]1. The average Bonchev–Trinajstić information content (AvgIpc) is 1.42. The first-order chi connectivity index (χ1) is 53.0. The number of carbonyl (C=O) groups excluding carboxylic acids is 4. The highest BCUT2D eigenvalue weighted by atomic mass is 35.5. The number of amides is 4. The molecule has 8 heterocycles. The van der Waals surface area contributed by atoms with Crippen molar-refractivity contribution < 1.29 is 62.9 Å². The summed E-state index contributed by atoms with van der Waals surface area (Å²) < 4.78 is 116. The van der Waals surface area contributed by atoms with Gasteiger partial charge in [0, 0.05) is 141 Å². The second-order valence-corrected chi connectivity index (χ2v) is 41.1. The first kappa shape index (κ1) is 87.2. The third-order valence-corrected chi connectivity index (χ3v) is 29.1. The number of nitrogens with two attached hydrogens (primary N) is 2. The third kappa shape index (κ3) is 26.1. The Morgan fingerprint density at radius 1 is 0.482 bits per heavy atom. The molecule has 32 heteroatoms. The summed E-state index contributed by atoms with van der Waals surface area (Å²) in [6.07, 6.45) is 11.0. The number of aromatic hydroxyl groups is 1. The minimum atomic E-state index is -2.93. The van der Waals surface area contributed by atoms with E-state index in [-0.39, 0.29) is 83.3 Å².